The van der Waals surface area contributed by atoms with E-state index in [-0.39, 0.29) is 11.8 Å². The number of anilines is 1. The first-order valence-corrected chi connectivity index (χ1v) is 7.08. The molecule has 1 unspecified atom stereocenters. The normalized spacial score (nSPS) is 17.9. The van der Waals surface area contributed by atoms with Gasteiger partial charge in [-0.05, 0) is 42.3 Å². The third kappa shape index (κ3) is 2.54. The van der Waals surface area contributed by atoms with E-state index >= 15 is 0 Å². The lowest BCUT2D eigenvalue weighted by molar-refractivity contribution is 0.475. The zero-order valence-electron chi connectivity index (χ0n) is 11.6. The lowest BCUT2D eigenvalue weighted by Gasteiger charge is -2.27. The van der Waals surface area contributed by atoms with Gasteiger partial charge in [-0.25, -0.2) is 0 Å². The SMILES string of the molecule is Cc1cccc(N2C(N)=NCC2c2ccc(O)c(Cl)c2)c1. The summed E-state index contributed by atoms with van der Waals surface area (Å²) >= 11 is 6.01. The molecule has 0 aliphatic carbocycles. The van der Waals surface area contributed by atoms with Crippen LogP contribution in [0.2, 0.25) is 5.02 Å². The Bertz CT molecular complexity index is 714. The van der Waals surface area contributed by atoms with Crippen LogP contribution in [0.25, 0.3) is 0 Å². The lowest BCUT2D eigenvalue weighted by Crippen LogP contribution is -2.36. The van der Waals surface area contributed by atoms with Crippen molar-refractivity contribution in [2.45, 2.75) is 13.0 Å². The molecule has 1 aliphatic heterocycles. The highest BCUT2D eigenvalue weighted by Gasteiger charge is 2.29. The van der Waals surface area contributed by atoms with Gasteiger partial charge in [0.1, 0.15) is 5.75 Å². The Balaban J connectivity index is 2.00. The number of phenols is 1. The maximum Gasteiger partial charge on any atom is 0.196 e. The smallest absolute Gasteiger partial charge is 0.196 e. The predicted molar refractivity (Wildman–Crippen MR) is 86.0 cm³/mol. The van der Waals surface area contributed by atoms with Crippen LogP contribution in [0.1, 0.15) is 17.2 Å². The second-order valence-electron chi connectivity index (χ2n) is 5.13. The zero-order chi connectivity index (χ0) is 15.0. The Kier molecular flexibility index (Phi) is 3.47. The van der Waals surface area contributed by atoms with Gasteiger partial charge in [-0.15, -0.1) is 0 Å². The van der Waals surface area contributed by atoms with Crippen LogP contribution in [-0.2, 0) is 0 Å². The van der Waals surface area contributed by atoms with Crippen molar-refractivity contribution in [3.63, 3.8) is 0 Å². The van der Waals surface area contributed by atoms with Gasteiger partial charge < -0.3 is 15.7 Å². The third-order valence-corrected chi connectivity index (χ3v) is 3.92. The molecule has 0 aromatic heterocycles. The van der Waals surface area contributed by atoms with Crippen molar-refractivity contribution in [2.75, 3.05) is 11.4 Å². The van der Waals surface area contributed by atoms with E-state index in [1.54, 1.807) is 12.1 Å². The molecule has 0 spiro atoms. The maximum absolute atomic E-state index is 9.56. The number of nitrogens with zero attached hydrogens (tertiary/aromatic N) is 2. The molecular formula is C16H16ClN3O. The van der Waals surface area contributed by atoms with Gasteiger partial charge in [-0.2, -0.15) is 0 Å². The summed E-state index contributed by atoms with van der Waals surface area (Å²) in [5, 5.41) is 9.89. The summed E-state index contributed by atoms with van der Waals surface area (Å²) in [7, 11) is 0. The summed E-state index contributed by atoms with van der Waals surface area (Å²) in [4.78, 5) is 6.34. The summed E-state index contributed by atoms with van der Waals surface area (Å²) in [6.07, 6.45) is 0. The highest BCUT2D eigenvalue weighted by Crippen LogP contribution is 2.34. The summed E-state index contributed by atoms with van der Waals surface area (Å²) in [5.74, 6) is 0.573. The minimum atomic E-state index is -0.00935. The fourth-order valence-corrected chi connectivity index (χ4v) is 2.76. The van der Waals surface area contributed by atoms with E-state index in [2.05, 4.69) is 11.1 Å². The molecule has 108 valence electrons. The molecule has 2 aromatic rings. The van der Waals surface area contributed by atoms with E-state index in [4.69, 9.17) is 17.3 Å². The Morgan fingerprint density at radius 2 is 2.10 bits per heavy atom. The van der Waals surface area contributed by atoms with Crippen molar-refractivity contribution in [2.24, 2.45) is 10.7 Å². The largest absolute Gasteiger partial charge is 0.506 e. The van der Waals surface area contributed by atoms with E-state index in [9.17, 15) is 5.11 Å². The van der Waals surface area contributed by atoms with Crippen LogP contribution >= 0.6 is 11.6 Å². The molecule has 1 atom stereocenters. The van der Waals surface area contributed by atoms with Gasteiger partial charge in [0, 0.05) is 5.69 Å². The van der Waals surface area contributed by atoms with Crippen molar-refractivity contribution in [1.29, 1.82) is 0 Å². The summed E-state index contributed by atoms with van der Waals surface area (Å²) in [6, 6.07) is 13.3. The van der Waals surface area contributed by atoms with Gasteiger partial charge in [-0.1, -0.05) is 29.8 Å². The van der Waals surface area contributed by atoms with Gasteiger partial charge in [0.05, 0.1) is 17.6 Å². The molecule has 21 heavy (non-hydrogen) atoms. The Hall–Kier alpha value is -2.20. The molecule has 0 bridgehead atoms. The van der Waals surface area contributed by atoms with Gasteiger partial charge in [0.25, 0.3) is 0 Å². The minimum Gasteiger partial charge on any atom is -0.506 e. The molecule has 1 aliphatic rings. The number of halogens is 1. The van der Waals surface area contributed by atoms with Crippen LogP contribution in [0.15, 0.2) is 47.5 Å². The van der Waals surface area contributed by atoms with Crippen LogP contribution in [0.3, 0.4) is 0 Å². The van der Waals surface area contributed by atoms with E-state index in [1.807, 2.05) is 36.1 Å². The monoisotopic (exact) mass is 301 g/mol. The summed E-state index contributed by atoms with van der Waals surface area (Å²) in [5.41, 5.74) is 9.19. The maximum atomic E-state index is 9.56. The van der Waals surface area contributed by atoms with Gasteiger partial charge in [0.2, 0.25) is 0 Å². The minimum absolute atomic E-state index is 0.00935. The van der Waals surface area contributed by atoms with Crippen molar-refractivity contribution < 1.29 is 5.11 Å². The standard InChI is InChI=1S/C16H16ClN3O/c1-10-3-2-4-12(7-10)20-14(9-19-16(20)18)11-5-6-15(21)13(17)8-11/h2-8,14,21H,9H2,1H3,(H2,18,19). The number of hydrogen-bond acceptors (Lipinski definition) is 4. The number of benzene rings is 2. The number of aryl methyl sites for hydroxylation is 1. The Morgan fingerprint density at radius 3 is 2.81 bits per heavy atom. The predicted octanol–water partition coefficient (Wildman–Crippen LogP) is 3.23. The van der Waals surface area contributed by atoms with Crippen LogP contribution in [-0.4, -0.2) is 17.6 Å². The second-order valence-corrected chi connectivity index (χ2v) is 5.54. The van der Waals surface area contributed by atoms with Crippen LogP contribution < -0.4 is 10.6 Å². The molecule has 0 fully saturated rings. The molecule has 0 amide bonds. The van der Waals surface area contributed by atoms with Crippen molar-refractivity contribution in [3.8, 4) is 5.75 Å². The third-order valence-electron chi connectivity index (χ3n) is 3.62. The van der Waals surface area contributed by atoms with E-state index in [0.717, 1.165) is 16.8 Å². The fraction of sp³-hybridized carbons (Fsp3) is 0.188. The Morgan fingerprint density at radius 1 is 1.29 bits per heavy atom. The summed E-state index contributed by atoms with van der Waals surface area (Å²) < 4.78 is 0. The van der Waals surface area contributed by atoms with Gasteiger partial charge in [0.15, 0.2) is 5.96 Å². The molecule has 3 rings (SSSR count). The molecule has 5 heteroatoms. The number of hydrogen-bond donors (Lipinski definition) is 2. The number of rotatable bonds is 2. The molecule has 3 N–H and O–H groups in total. The van der Waals surface area contributed by atoms with Crippen LogP contribution in [0.4, 0.5) is 5.69 Å². The first-order valence-electron chi connectivity index (χ1n) is 6.70. The highest BCUT2D eigenvalue weighted by atomic mass is 35.5. The first-order chi connectivity index (χ1) is 10.1. The molecule has 4 nitrogen and oxygen atoms in total. The molecule has 0 radical (unpaired) electrons. The molecular weight excluding hydrogens is 286 g/mol. The van der Waals surface area contributed by atoms with Gasteiger partial charge >= 0.3 is 0 Å². The van der Waals surface area contributed by atoms with Crippen LogP contribution in [0.5, 0.6) is 5.75 Å². The Labute approximate surface area is 128 Å². The number of guanidine groups is 1. The van der Waals surface area contributed by atoms with Crippen molar-refractivity contribution in [3.05, 3.63) is 58.6 Å². The average molecular weight is 302 g/mol. The lowest BCUT2D eigenvalue weighted by atomic mass is 10.0. The topological polar surface area (TPSA) is 61.8 Å². The number of nitrogens with two attached hydrogens (primary N) is 1. The second kappa shape index (κ2) is 5.30. The molecule has 2 aromatic carbocycles. The van der Waals surface area contributed by atoms with E-state index in [1.165, 1.54) is 0 Å². The number of aliphatic imine (C=N–C) groups is 1. The zero-order valence-corrected chi connectivity index (χ0v) is 12.4. The fourth-order valence-electron chi connectivity index (χ4n) is 2.57. The van der Waals surface area contributed by atoms with Gasteiger partial charge in [-0.3, -0.25) is 4.99 Å². The number of aromatic hydroxyl groups is 1. The number of phenolic OH excluding ortho intramolecular Hbond substituents is 1. The van der Waals surface area contributed by atoms with Crippen LogP contribution in [0, 0.1) is 6.92 Å². The van der Waals surface area contributed by atoms with Crippen molar-refractivity contribution >= 4 is 23.2 Å². The van der Waals surface area contributed by atoms with E-state index < -0.39 is 0 Å². The summed E-state index contributed by atoms with van der Waals surface area (Å²) in [6.45, 7) is 2.61. The average Bonchev–Trinajstić information content (AvgIpc) is 2.84. The van der Waals surface area contributed by atoms with E-state index in [0.29, 0.717) is 17.5 Å². The molecule has 1 heterocycles. The molecule has 0 saturated heterocycles. The van der Waals surface area contributed by atoms with Crippen molar-refractivity contribution in [1.82, 2.24) is 0 Å². The quantitative estimate of drug-likeness (QED) is 0.895. The molecule has 0 saturated carbocycles. The highest BCUT2D eigenvalue weighted by molar-refractivity contribution is 6.32. The first kappa shape index (κ1) is 13.8.